The zero-order valence-electron chi connectivity index (χ0n) is 18.4. The lowest BCUT2D eigenvalue weighted by Gasteiger charge is -2.23. The van der Waals surface area contributed by atoms with Crippen LogP contribution in [0.1, 0.15) is 46.4 Å². The summed E-state index contributed by atoms with van der Waals surface area (Å²) in [6.45, 7) is 4.15. The van der Waals surface area contributed by atoms with E-state index in [1.54, 1.807) is 42.5 Å². The van der Waals surface area contributed by atoms with Crippen LogP contribution in [-0.4, -0.2) is 20.6 Å². The molecule has 3 aromatic carbocycles. The first-order valence-corrected chi connectivity index (χ1v) is 12.6. The zero-order chi connectivity index (χ0) is 23.3. The Morgan fingerprint density at radius 2 is 1.62 bits per heavy atom. The molecule has 1 N–H and O–H groups in total. The number of carbonyl (C=O) groups excluding carboxylic acids is 1. The quantitative estimate of drug-likeness (QED) is 0.473. The van der Waals surface area contributed by atoms with Crippen molar-refractivity contribution in [1.82, 2.24) is 5.32 Å². The maximum atomic E-state index is 12.8. The smallest absolute Gasteiger partial charge is 0.251 e. The molecule has 7 heteroatoms. The number of hydrogen-bond acceptors (Lipinski definition) is 3. The minimum Gasteiger partial charge on any atom is -0.345 e. The molecule has 0 saturated carbocycles. The number of hydrogen-bond donors (Lipinski definition) is 1. The molecule has 5 nitrogen and oxygen atoms in total. The van der Waals surface area contributed by atoms with Gasteiger partial charge in [0.25, 0.3) is 5.91 Å². The minimum absolute atomic E-state index is 0.101. The van der Waals surface area contributed by atoms with E-state index < -0.39 is 10.0 Å². The summed E-state index contributed by atoms with van der Waals surface area (Å²) < 4.78 is 26.1. The number of sulfonamides is 1. The molecule has 0 radical (unpaired) electrons. The minimum atomic E-state index is -3.55. The van der Waals surface area contributed by atoms with Gasteiger partial charge in [-0.1, -0.05) is 66.6 Å². The van der Waals surface area contributed by atoms with Crippen LogP contribution in [0.5, 0.6) is 0 Å². The number of aryl methyl sites for hydroxylation is 1. The topological polar surface area (TPSA) is 66.5 Å². The molecule has 1 atom stereocenters. The molecule has 0 saturated heterocycles. The van der Waals surface area contributed by atoms with Crippen molar-refractivity contribution >= 4 is 33.2 Å². The fraction of sp³-hybridized carbons (Fsp3) is 0.240. The molecule has 0 bridgehead atoms. The van der Waals surface area contributed by atoms with Crippen molar-refractivity contribution in [1.29, 1.82) is 0 Å². The highest BCUT2D eigenvalue weighted by Gasteiger charge is 2.20. The summed E-state index contributed by atoms with van der Waals surface area (Å²) in [7, 11) is -3.55. The van der Waals surface area contributed by atoms with E-state index in [2.05, 4.69) is 5.32 Å². The van der Waals surface area contributed by atoms with Gasteiger partial charge < -0.3 is 5.32 Å². The average molecular weight is 471 g/mol. The predicted octanol–water partition coefficient (Wildman–Crippen LogP) is 5.50. The van der Waals surface area contributed by atoms with Gasteiger partial charge in [-0.3, -0.25) is 9.10 Å². The fourth-order valence-corrected chi connectivity index (χ4v) is 4.50. The van der Waals surface area contributed by atoms with Gasteiger partial charge in [0.15, 0.2) is 0 Å². The summed E-state index contributed by atoms with van der Waals surface area (Å²) in [6.07, 6.45) is 1.91. The first-order chi connectivity index (χ1) is 15.2. The fourth-order valence-electron chi connectivity index (χ4n) is 3.42. The number of anilines is 1. The van der Waals surface area contributed by atoms with E-state index in [9.17, 15) is 13.2 Å². The average Bonchev–Trinajstić information content (AvgIpc) is 2.77. The molecule has 0 aromatic heterocycles. The Bertz CT molecular complexity index is 1180. The van der Waals surface area contributed by atoms with Gasteiger partial charge in [-0.15, -0.1) is 0 Å². The van der Waals surface area contributed by atoms with E-state index in [1.807, 2.05) is 44.2 Å². The van der Waals surface area contributed by atoms with Crippen molar-refractivity contribution in [3.05, 3.63) is 100 Å². The van der Waals surface area contributed by atoms with Crippen LogP contribution < -0.4 is 9.62 Å². The van der Waals surface area contributed by atoms with Crippen molar-refractivity contribution in [3.63, 3.8) is 0 Å². The second-order valence-corrected chi connectivity index (χ2v) is 10.1. The molecular formula is C25H27ClN2O3S. The molecule has 3 aromatic rings. The Morgan fingerprint density at radius 3 is 2.19 bits per heavy atom. The third-order valence-corrected chi connectivity index (χ3v) is 6.79. The monoisotopic (exact) mass is 470 g/mol. The molecule has 1 amide bonds. The summed E-state index contributed by atoms with van der Waals surface area (Å²) in [4.78, 5) is 12.8. The van der Waals surface area contributed by atoms with E-state index >= 15 is 0 Å². The van der Waals surface area contributed by atoms with E-state index in [0.29, 0.717) is 21.8 Å². The van der Waals surface area contributed by atoms with Crippen molar-refractivity contribution in [2.24, 2.45) is 0 Å². The van der Waals surface area contributed by atoms with Gasteiger partial charge in [0.1, 0.15) is 0 Å². The first kappa shape index (κ1) is 23.8. The standard InChI is InChI=1S/C25H27ClN2O3S/c1-4-24(19-11-9-18(2)10-12-19)27-25(29)20-13-15-22(16-14-20)28(32(3,30)31)17-21-7-5-6-8-23(21)26/h5-16,24H,4,17H2,1-3H3,(H,27,29)/t24-/m1/s1. The number of halogens is 1. The molecule has 0 heterocycles. The molecular weight excluding hydrogens is 444 g/mol. The van der Waals surface area contributed by atoms with E-state index in [1.165, 1.54) is 4.31 Å². The van der Waals surface area contributed by atoms with Gasteiger partial charge in [-0.25, -0.2) is 8.42 Å². The number of carbonyl (C=O) groups is 1. The van der Waals surface area contributed by atoms with Crippen LogP contribution >= 0.6 is 11.6 Å². The molecule has 32 heavy (non-hydrogen) atoms. The second kappa shape index (κ2) is 10.2. The summed E-state index contributed by atoms with van der Waals surface area (Å²) >= 11 is 6.22. The molecule has 168 valence electrons. The van der Waals surface area contributed by atoms with Crippen molar-refractivity contribution in [3.8, 4) is 0 Å². The first-order valence-electron chi connectivity index (χ1n) is 10.4. The Labute approximate surface area is 195 Å². The van der Waals surface area contributed by atoms with Crippen LogP contribution in [0.3, 0.4) is 0 Å². The largest absolute Gasteiger partial charge is 0.345 e. The van der Waals surface area contributed by atoms with Crippen molar-refractivity contribution in [2.75, 3.05) is 10.6 Å². The maximum Gasteiger partial charge on any atom is 0.251 e. The third kappa shape index (κ3) is 5.90. The maximum absolute atomic E-state index is 12.8. The number of rotatable bonds is 8. The Hall–Kier alpha value is -2.83. The zero-order valence-corrected chi connectivity index (χ0v) is 20.0. The van der Waals surface area contributed by atoms with Gasteiger partial charge in [-0.2, -0.15) is 0 Å². The molecule has 3 rings (SSSR count). The van der Waals surface area contributed by atoms with Crippen LogP contribution in [0.25, 0.3) is 0 Å². The van der Waals surface area contributed by atoms with Gasteiger partial charge >= 0.3 is 0 Å². The Balaban J connectivity index is 1.79. The van der Waals surface area contributed by atoms with Crippen LogP contribution in [0, 0.1) is 6.92 Å². The lowest BCUT2D eigenvalue weighted by atomic mass is 10.0. The summed E-state index contributed by atoms with van der Waals surface area (Å²) in [5.41, 5.74) is 3.84. The molecule has 0 spiro atoms. The second-order valence-electron chi connectivity index (χ2n) is 7.75. The molecule has 0 unspecified atom stereocenters. The molecule has 0 aliphatic rings. The van der Waals surface area contributed by atoms with Crippen LogP contribution in [0.2, 0.25) is 5.02 Å². The number of nitrogens with zero attached hydrogens (tertiary/aromatic N) is 1. The van der Waals surface area contributed by atoms with E-state index in [-0.39, 0.29) is 18.5 Å². The van der Waals surface area contributed by atoms with Gasteiger partial charge in [0, 0.05) is 10.6 Å². The molecule has 0 fully saturated rings. The highest BCUT2D eigenvalue weighted by molar-refractivity contribution is 7.92. The normalized spacial score (nSPS) is 12.2. The van der Waals surface area contributed by atoms with Crippen molar-refractivity contribution in [2.45, 2.75) is 32.9 Å². The number of benzene rings is 3. The highest BCUT2D eigenvalue weighted by Crippen LogP contribution is 2.25. The summed E-state index contributed by atoms with van der Waals surface area (Å²) in [5, 5.41) is 3.56. The number of nitrogens with one attached hydrogen (secondary N) is 1. The number of amides is 1. The van der Waals surface area contributed by atoms with Gasteiger partial charge in [-0.05, 0) is 54.8 Å². The van der Waals surface area contributed by atoms with Gasteiger partial charge in [0.05, 0.1) is 24.5 Å². The SMILES string of the molecule is CC[C@@H](NC(=O)c1ccc(N(Cc2ccccc2Cl)S(C)(=O)=O)cc1)c1ccc(C)cc1. The van der Waals surface area contributed by atoms with Crippen molar-refractivity contribution < 1.29 is 13.2 Å². The van der Waals surface area contributed by atoms with E-state index in [0.717, 1.165) is 23.8 Å². The molecule has 0 aliphatic carbocycles. The van der Waals surface area contributed by atoms with E-state index in [4.69, 9.17) is 11.6 Å². The molecule has 0 aliphatic heterocycles. The lowest BCUT2D eigenvalue weighted by Crippen LogP contribution is -2.30. The Morgan fingerprint density at radius 1 is 1.00 bits per heavy atom. The summed E-state index contributed by atoms with van der Waals surface area (Å²) in [6, 6.07) is 21.7. The van der Waals surface area contributed by atoms with Crippen LogP contribution in [0.4, 0.5) is 5.69 Å². The predicted molar refractivity (Wildman–Crippen MR) is 131 cm³/mol. The lowest BCUT2D eigenvalue weighted by molar-refractivity contribution is 0.0935. The highest BCUT2D eigenvalue weighted by atomic mass is 35.5. The van der Waals surface area contributed by atoms with Crippen LogP contribution in [0.15, 0.2) is 72.8 Å². The van der Waals surface area contributed by atoms with Gasteiger partial charge in [0.2, 0.25) is 10.0 Å². The Kier molecular flexibility index (Phi) is 7.59. The van der Waals surface area contributed by atoms with Crippen LogP contribution in [-0.2, 0) is 16.6 Å². The third-order valence-electron chi connectivity index (χ3n) is 5.28. The summed E-state index contributed by atoms with van der Waals surface area (Å²) in [5.74, 6) is -0.207.